The standard InChI is InChI=1S/C13H13N5/c1-2-4-12(5-3-1)17-13-14-6-7-18(13)10-11-8-15-16-9-11/h1-9H,10H2,(H,14,17)(H,15,16). The van der Waals surface area contributed by atoms with E-state index >= 15 is 0 Å². The maximum atomic E-state index is 4.31. The van der Waals surface area contributed by atoms with E-state index in [1.165, 1.54) is 0 Å². The average Bonchev–Trinajstić information content (AvgIpc) is 3.04. The molecule has 0 atom stereocenters. The summed E-state index contributed by atoms with van der Waals surface area (Å²) in [5.74, 6) is 0.822. The quantitative estimate of drug-likeness (QED) is 0.735. The molecule has 3 rings (SSSR count). The Balaban J connectivity index is 1.79. The molecule has 0 aliphatic carbocycles. The van der Waals surface area contributed by atoms with Crippen molar-refractivity contribution >= 4 is 11.6 Å². The van der Waals surface area contributed by atoms with Crippen molar-refractivity contribution < 1.29 is 0 Å². The van der Waals surface area contributed by atoms with Crippen LogP contribution in [0.15, 0.2) is 55.1 Å². The number of anilines is 2. The van der Waals surface area contributed by atoms with Gasteiger partial charge >= 0.3 is 0 Å². The fraction of sp³-hybridized carbons (Fsp3) is 0.0769. The van der Waals surface area contributed by atoms with E-state index in [9.17, 15) is 0 Å². The third-order valence-corrected chi connectivity index (χ3v) is 2.65. The van der Waals surface area contributed by atoms with Crippen molar-refractivity contribution in [3.05, 3.63) is 60.7 Å². The Kier molecular flexibility index (Phi) is 2.79. The molecule has 0 saturated carbocycles. The second kappa shape index (κ2) is 4.75. The van der Waals surface area contributed by atoms with Crippen molar-refractivity contribution in [2.45, 2.75) is 6.54 Å². The first kappa shape index (κ1) is 10.6. The highest BCUT2D eigenvalue weighted by atomic mass is 15.2. The van der Waals surface area contributed by atoms with Gasteiger partial charge < -0.3 is 9.88 Å². The summed E-state index contributed by atoms with van der Waals surface area (Å²) in [5.41, 5.74) is 2.14. The Hall–Kier alpha value is -2.56. The number of imidazole rings is 1. The minimum atomic E-state index is 0.742. The molecule has 2 aromatic heterocycles. The van der Waals surface area contributed by atoms with Crippen LogP contribution < -0.4 is 5.32 Å². The predicted molar refractivity (Wildman–Crippen MR) is 69.6 cm³/mol. The van der Waals surface area contributed by atoms with Crippen LogP contribution >= 0.6 is 0 Å². The molecule has 0 aliphatic rings. The zero-order valence-electron chi connectivity index (χ0n) is 9.74. The van der Waals surface area contributed by atoms with Gasteiger partial charge in [0, 0.05) is 29.8 Å². The van der Waals surface area contributed by atoms with Crippen LogP contribution in [0, 0.1) is 0 Å². The summed E-state index contributed by atoms with van der Waals surface area (Å²) in [7, 11) is 0. The van der Waals surface area contributed by atoms with Crippen molar-refractivity contribution in [1.82, 2.24) is 19.7 Å². The van der Waals surface area contributed by atoms with Crippen molar-refractivity contribution in [3.8, 4) is 0 Å². The van der Waals surface area contributed by atoms with E-state index < -0.39 is 0 Å². The number of nitrogens with one attached hydrogen (secondary N) is 2. The Morgan fingerprint density at radius 1 is 1.22 bits per heavy atom. The van der Waals surface area contributed by atoms with Crippen LogP contribution in [-0.4, -0.2) is 19.7 Å². The summed E-state index contributed by atoms with van der Waals surface area (Å²) >= 11 is 0. The van der Waals surface area contributed by atoms with Crippen molar-refractivity contribution in [2.75, 3.05) is 5.32 Å². The Bertz CT molecular complexity index is 597. The maximum Gasteiger partial charge on any atom is 0.207 e. The third kappa shape index (κ3) is 2.24. The number of hydrogen-bond acceptors (Lipinski definition) is 3. The summed E-state index contributed by atoms with van der Waals surface area (Å²) in [5, 5.41) is 10.0. The first-order chi connectivity index (χ1) is 8.92. The van der Waals surface area contributed by atoms with E-state index in [4.69, 9.17) is 0 Å². The minimum absolute atomic E-state index is 0.742. The molecule has 90 valence electrons. The first-order valence-electron chi connectivity index (χ1n) is 5.73. The zero-order valence-corrected chi connectivity index (χ0v) is 9.74. The Labute approximate surface area is 104 Å². The summed E-state index contributed by atoms with van der Waals surface area (Å²) in [6.07, 6.45) is 7.42. The summed E-state index contributed by atoms with van der Waals surface area (Å²) in [6.45, 7) is 0.742. The van der Waals surface area contributed by atoms with Crippen LogP contribution in [0.3, 0.4) is 0 Å². The van der Waals surface area contributed by atoms with Gasteiger partial charge in [0.2, 0.25) is 5.95 Å². The maximum absolute atomic E-state index is 4.31. The molecule has 2 N–H and O–H groups in total. The van der Waals surface area contributed by atoms with Crippen molar-refractivity contribution in [3.63, 3.8) is 0 Å². The van der Waals surface area contributed by atoms with Crippen LogP contribution in [-0.2, 0) is 6.54 Å². The molecule has 0 fully saturated rings. The monoisotopic (exact) mass is 239 g/mol. The molecule has 0 saturated heterocycles. The van der Waals surface area contributed by atoms with Crippen LogP contribution in [0.5, 0.6) is 0 Å². The Morgan fingerprint density at radius 2 is 2.11 bits per heavy atom. The number of nitrogens with zero attached hydrogens (tertiary/aromatic N) is 3. The van der Waals surface area contributed by atoms with Crippen LogP contribution in [0.4, 0.5) is 11.6 Å². The molecule has 0 amide bonds. The highest BCUT2D eigenvalue weighted by Crippen LogP contribution is 2.15. The lowest BCUT2D eigenvalue weighted by Crippen LogP contribution is -2.03. The van der Waals surface area contributed by atoms with Gasteiger partial charge in [0.05, 0.1) is 12.7 Å². The molecule has 2 heterocycles. The lowest BCUT2D eigenvalue weighted by molar-refractivity contribution is 0.808. The molecule has 0 radical (unpaired) electrons. The second-order valence-electron chi connectivity index (χ2n) is 3.98. The van der Waals surface area contributed by atoms with E-state index in [0.29, 0.717) is 0 Å². The van der Waals surface area contributed by atoms with Gasteiger partial charge in [-0.05, 0) is 12.1 Å². The number of para-hydroxylation sites is 1. The predicted octanol–water partition coefficient (Wildman–Crippen LogP) is 2.40. The van der Waals surface area contributed by atoms with Gasteiger partial charge in [0.25, 0.3) is 0 Å². The number of benzene rings is 1. The Morgan fingerprint density at radius 3 is 2.89 bits per heavy atom. The molecule has 18 heavy (non-hydrogen) atoms. The van der Waals surface area contributed by atoms with Crippen LogP contribution in [0.1, 0.15) is 5.56 Å². The number of hydrogen-bond donors (Lipinski definition) is 2. The van der Waals surface area contributed by atoms with Gasteiger partial charge in [0.15, 0.2) is 0 Å². The van der Waals surface area contributed by atoms with Crippen LogP contribution in [0.25, 0.3) is 0 Å². The van der Waals surface area contributed by atoms with Gasteiger partial charge in [-0.3, -0.25) is 5.10 Å². The van der Waals surface area contributed by atoms with Gasteiger partial charge in [-0.25, -0.2) is 4.98 Å². The van der Waals surface area contributed by atoms with E-state index in [1.807, 2.05) is 53.5 Å². The van der Waals surface area contributed by atoms with Crippen molar-refractivity contribution in [2.24, 2.45) is 0 Å². The fourth-order valence-electron chi connectivity index (χ4n) is 1.77. The molecular formula is C13H13N5. The molecule has 0 unspecified atom stereocenters. The fourth-order valence-corrected chi connectivity index (χ4v) is 1.77. The lowest BCUT2D eigenvalue weighted by Gasteiger charge is -2.08. The van der Waals surface area contributed by atoms with Gasteiger partial charge in [0.1, 0.15) is 0 Å². The van der Waals surface area contributed by atoms with Gasteiger partial charge in [-0.2, -0.15) is 5.10 Å². The molecule has 0 spiro atoms. The number of H-pyrrole nitrogens is 1. The van der Waals surface area contributed by atoms with E-state index in [-0.39, 0.29) is 0 Å². The zero-order chi connectivity index (χ0) is 12.2. The number of aromatic nitrogens is 4. The smallest absolute Gasteiger partial charge is 0.207 e. The van der Waals surface area contributed by atoms with Crippen molar-refractivity contribution in [1.29, 1.82) is 0 Å². The van der Waals surface area contributed by atoms with E-state index in [1.54, 1.807) is 6.20 Å². The highest BCUT2D eigenvalue weighted by molar-refractivity contribution is 5.53. The summed E-state index contributed by atoms with van der Waals surface area (Å²) in [4.78, 5) is 4.31. The SMILES string of the molecule is c1ccc(Nc2nccn2Cc2cn[nH]c2)cc1. The first-order valence-corrected chi connectivity index (χ1v) is 5.73. The highest BCUT2D eigenvalue weighted by Gasteiger charge is 2.04. The molecule has 5 heteroatoms. The number of aromatic amines is 1. The number of rotatable bonds is 4. The normalized spacial score (nSPS) is 10.4. The van der Waals surface area contributed by atoms with E-state index in [2.05, 4.69) is 20.5 Å². The second-order valence-corrected chi connectivity index (χ2v) is 3.98. The van der Waals surface area contributed by atoms with Gasteiger partial charge in [-0.1, -0.05) is 18.2 Å². The molecule has 5 nitrogen and oxygen atoms in total. The molecular weight excluding hydrogens is 226 g/mol. The molecule has 3 aromatic rings. The molecule has 0 bridgehead atoms. The topological polar surface area (TPSA) is 58.5 Å². The largest absolute Gasteiger partial charge is 0.326 e. The minimum Gasteiger partial charge on any atom is -0.326 e. The summed E-state index contributed by atoms with van der Waals surface area (Å²) in [6, 6.07) is 9.99. The van der Waals surface area contributed by atoms with E-state index in [0.717, 1.165) is 23.7 Å². The van der Waals surface area contributed by atoms with Gasteiger partial charge in [-0.15, -0.1) is 0 Å². The molecule has 0 aliphatic heterocycles. The van der Waals surface area contributed by atoms with Crippen LogP contribution in [0.2, 0.25) is 0 Å². The summed E-state index contributed by atoms with van der Waals surface area (Å²) < 4.78 is 2.04. The third-order valence-electron chi connectivity index (χ3n) is 2.65. The molecule has 1 aromatic carbocycles. The lowest BCUT2D eigenvalue weighted by atomic mass is 10.3. The average molecular weight is 239 g/mol.